The van der Waals surface area contributed by atoms with E-state index in [0.717, 1.165) is 5.69 Å². The topological polar surface area (TPSA) is 91.8 Å². The van der Waals surface area contributed by atoms with E-state index in [1.807, 2.05) is 6.07 Å². The number of nitrogens with zero attached hydrogens (tertiary/aromatic N) is 2. The average Bonchev–Trinajstić information content (AvgIpc) is 2.39. The fourth-order valence-electron chi connectivity index (χ4n) is 1.43. The molecule has 0 aliphatic heterocycles. The van der Waals surface area contributed by atoms with E-state index in [1.54, 1.807) is 42.5 Å². The largest absolute Gasteiger partial charge is 0.366 e. The first-order chi connectivity index (χ1) is 8.69. The van der Waals surface area contributed by atoms with Crippen molar-refractivity contribution < 1.29 is 4.79 Å². The van der Waals surface area contributed by atoms with Crippen LogP contribution in [0.1, 0.15) is 16.1 Å². The van der Waals surface area contributed by atoms with Crippen molar-refractivity contribution in [2.45, 2.75) is 0 Å². The fourth-order valence-corrected chi connectivity index (χ4v) is 1.43. The Bertz CT molecular complexity index is 614. The van der Waals surface area contributed by atoms with Crippen LogP contribution >= 0.6 is 0 Å². The zero-order valence-corrected chi connectivity index (χ0v) is 9.42. The normalized spacial score (nSPS) is 9.50. The molecule has 18 heavy (non-hydrogen) atoms. The Labute approximate surface area is 104 Å². The summed E-state index contributed by atoms with van der Waals surface area (Å²) < 4.78 is 0. The summed E-state index contributed by atoms with van der Waals surface area (Å²) in [6, 6.07) is 13.8. The van der Waals surface area contributed by atoms with E-state index < -0.39 is 5.91 Å². The number of rotatable bonds is 3. The van der Waals surface area contributed by atoms with Crippen molar-refractivity contribution in [3.63, 3.8) is 0 Å². The molecule has 0 saturated heterocycles. The average molecular weight is 238 g/mol. The first kappa shape index (κ1) is 11.6. The van der Waals surface area contributed by atoms with Gasteiger partial charge in [0.25, 0.3) is 0 Å². The standard InChI is InChI=1S/C13H10N4O/c14-8-11-2-1-3-12(17-11)16-10-6-4-9(5-7-10)13(15)18/h1-7H,(H2,15,18)(H,16,17). The van der Waals surface area contributed by atoms with Gasteiger partial charge in [-0.15, -0.1) is 0 Å². The molecular formula is C13H10N4O. The number of amides is 1. The molecule has 5 heteroatoms. The molecule has 1 amide bonds. The highest BCUT2D eigenvalue weighted by atomic mass is 16.1. The molecule has 0 fully saturated rings. The van der Waals surface area contributed by atoms with Gasteiger partial charge in [0.1, 0.15) is 17.6 Å². The number of hydrogen-bond acceptors (Lipinski definition) is 4. The Kier molecular flexibility index (Phi) is 3.21. The Morgan fingerprint density at radius 1 is 1.22 bits per heavy atom. The quantitative estimate of drug-likeness (QED) is 0.852. The number of aromatic nitrogens is 1. The van der Waals surface area contributed by atoms with E-state index in [-0.39, 0.29) is 0 Å². The number of primary amides is 1. The highest BCUT2D eigenvalue weighted by Gasteiger charge is 2.01. The summed E-state index contributed by atoms with van der Waals surface area (Å²) in [4.78, 5) is 15.0. The van der Waals surface area contributed by atoms with E-state index in [1.165, 1.54) is 0 Å². The van der Waals surface area contributed by atoms with Crippen molar-refractivity contribution in [2.24, 2.45) is 5.73 Å². The van der Waals surface area contributed by atoms with Gasteiger partial charge in [0.15, 0.2) is 0 Å². The molecule has 1 aromatic carbocycles. The lowest BCUT2D eigenvalue weighted by atomic mass is 10.2. The minimum Gasteiger partial charge on any atom is -0.366 e. The molecule has 0 aliphatic carbocycles. The predicted octanol–water partition coefficient (Wildman–Crippen LogP) is 1.80. The molecule has 0 bridgehead atoms. The zero-order chi connectivity index (χ0) is 13.0. The van der Waals surface area contributed by atoms with Crippen molar-refractivity contribution in [1.29, 1.82) is 5.26 Å². The number of nitrogens with one attached hydrogen (secondary N) is 1. The van der Waals surface area contributed by atoms with Gasteiger partial charge in [-0.3, -0.25) is 4.79 Å². The Hall–Kier alpha value is -2.87. The third-order valence-electron chi connectivity index (χ3n) is 2.31. The van der Waals surface area contributed by atoms with Crippen molar-refractivity contribution >= 4 is 17.4 Å². The SMILES string of the molecule is N#Cc1cccc(Nc2ccc(C(N)=O)cc2)n1. The summed E-state index contributed by atoms with van der Waals surface area (Å²) in [5.74, 6) is 0.104. The number of nitrogens with two attached hydrogens (primary N) is 1. The third-order valence-corrected chi connectivity index (χ3v) is 2.31. The van der Waals surface area contributed by atoms with E-state index in [4.69, 9.17) is 11.0 Å². The van der Waals surface area contributed by atoms with Gasteiger partial charge in [0.2, 0.25) is 5.91 Å². The van der Waals surface area contributed by atoms with Gasteiger partial charge >= 0.3 is 0 Å². The molecule has 0 spiro atoms. The van der Waals surface area contributed by atoms with Crippen LogP contribution in [0.4, 0.5) is 11.5 Å². The van der Waals surface area contributed by atoms with Gasteiger partial charge < -0.3 is 11.1 Å². The molecule has 0 aliphatic rings. The number of benzene rings is 1. The minimum atomic E-state index is -0.467. The summed E-state index contributed by atoms with van der Waals surface area (Å²) in [6.45, 7) is 0. The van der Waals surface area contributed by atoms with Crippen LogP contribution in [0, 0.1) is 11.3 Å². The van der Waals surface area contributed by atoms with Crippen LogP contribution in [0.25, 0.3) is 0 Å². The van der Waals surface area contributed by atoms with Gasteiger partial charge in [0, 0.05) is 11.3 Å². The number of pyridine rings is 1. The lowest BCUT2D eigenvalue weighted by molar-refractivity contribution is 0.100. The summed E-state index contributed by atoms with van der Waals surface area (Å²) in [5.41, 5.74) is 6.70. The molecule has 88 valence electrons. The molecule has 0 radical (unpaired) electrons. The van der Waals surface area contributed by atoms with Gasteiger partial charge in [-0.2, -0.15) is 5.26 Å². The number of carbonyl (C=O) groups excluding carboxylic acids is 1. The summed E-state index contributed by atoms with van der Waals surface area (Å²) in [6.07, 6.45) is 0. The second-order valence-corrected chi connectivity index (χ2v) is 3.59. The molecule has 1 heterocycles. The van der Waals surface area contributed by atoms with Crippen LogP contribution < -0.4 is 11.1 Å². The van der Waals surface area contributed by atoms with Crippen molar-refractivity contribution in [3.05, 3.63) is 53.7 Å². The van der Waals surface area contributed by atoms with E-state index in [9.17, 15) is 4.79 Å². The second kappa shape index (κ2) is 4.97. The van der Waals surface area contributed by atoms with E-state index in [0.29, 0.717) is 17.1 Å². The lowest BCUT2D eigenvalue weighted by Crippen LogP contribution is -2.10. The maximum Gasteiger partial charge on any atom is 0.248 e. The van der Waals surface area contributed by atoms with E-state index in [2.05, 4.69) is 10.3 Å². The first-order valence-electron chi connectivity index (χ1n) is 5.23. The maximum atomic E-state index is 10.9. The maximum absolute atomic E-state index is 10.9. The van der Waals surface area contributed by atoms with Crippen LogP contribution in [0.5, 0.6) is 0 Å². The molecule has 5 nitrogen and oxygen atoms in total. The number of nitriles is 1. The molecular weight excluding hydrogens is 228 g/mol. The van der Waals surface area contributed by atoms with Crippen LogP contribution in [-0.2, 0) is 0 Å². The van der Waals surface area contributed by atoms with Gasteiger partial charge in [-0.1, -0.05) is 6.07 Å². The molecule has 2 rings (SSSR count). The van der Waals surface area contributed by atoms with Gasteiger partial charge in [-0.05, 0) is 36.4 Å². The van der Waals surface area contributed by atoms with Crippen LogP contribution in [0.2, 0.25) is 0 Å². The number of anilines is 2. The first-order valence-corrected chi connectivity index (χ1v) is 5.23. The number of hydrogen-bond donors (Lipinski definition) is 2. The van der Waals surface area contributed by atoms with E-state index >= 15 is 0 Å². The van der Waals surface area contributed by atoms with Crippen LogP contribution in [0.15, 0.2) is 42.5 Å². The summed E-state index contributed by atoms with van der Waals surface area (Å²) in [7, 11) is 0. The van der Waals surface area contributed by atoms with Crippen LogP contribution in [-0.4, -0.2) is 10.9 Å². The Morgan fingerprint density at radius 2 is 1.94 bits per heavy atom. The van der Waals surface area contributed by atoms with Crippen molar-refractivity contribution in [1.82, 2.24) is 4.98 Å². The molecule has 1 aromatic heterocycles. The molecule has 3 N–H and O–H groups in total. The molecule has 0 atom stereocenters. The number of carbonyl (C=O) groups is 1. The molecule has 0 saturated carbocycles. The molecule has 2 aromatic rings. The van der Waals surface area contributed by atoms with Crippen molar-refractivity contribution in [3.8, 4) is 6.07 Å². The lowest BCUT2D eigenvalue weighted by Gasteiger charge is -2.05. The minimum absolute atomic E-state index is 0.341. The monoisotopic (exact) mass is 238 g/mol. The van der Waals surface area contributed by atoms with Gasteiger partial charge in [0.05, 0.1) is 0 Å². The smallest absolute Gasteiger partial charge is 0.248 e. The highest BCUT2D eigenvalue weighted by Crippen LogP contribution is 2.15. The van der Waals surface area contributed by atoms with Crippen molar-refractivity contribution in [2.75, 3.05) is 5.32 Å². The fraction of sp³-hybridized carbons (Fsp3) is 0. The Balaban J connectivity index is 2.18. The third kappa shape index (κ3) is 2.62. The Morgan fingerprint density at radius 3 is 2.56 bits per heavy atom. The summed E-state index contributed by atoms with van der Waals surface area (Å²) >= 11 is 0. The predicted molar refractivity (Wildman–Crippen MR) is 67.2 cm³/mol. The van der Waals surface area contributed by atoms with Crippen LogP contribution in [0.3, 0.4) is 0 Å². The zero-order valence-electron chi connectivity index (χ0n) is 9.42. The molecule has 0 unspecified atom stereocenters. The second-order valence-electron chi connectivity index (χ2n) is 3.59. The highest BCUT2D eigenvalue weighted by molar-refractivity contribution is 5.93. The van der Waals surface area contributed by atoms with Gasteiger partial charge in [-0.25, -0.2) is 4.98 Å². The summed E-state index contributed by atoms with van der Waals surface area (Å²) in [5, 5.41) is 11.8.